The van der Waals surface area contributed by atoms with Crippen molar-refractivity contribution in [2.75, 3.05) is 12.3 Å². The molecule has 0 atom stereocenters. The van der Waals surface area contributed by atoms with Gasteiger partial charge in [-0.1, -0.05) is 48.5 Å². The molecule has 5 nitrogen and oxygen atoms in total. The van der Waals surface area contributed by atoms with Crippen molar-refractivity contribution in [2.24, 2.45) is 7.05 Å². The molecule has 0 saturated carbocycles. The molecule has 0 N–H and O–H groups in total. The van der Waals surface area contributed by atoms with Crippen molar-refractivity contribution < 1.29 is 4.79 Å². The summed E-state index contributed by atoms with van der Waals surface area (Å²) in [4.78, 5) is 34.7. The van der Waals surface area contributed by atoms with Gasteiger partial charge in [0.2, 0.25) is 5.91 Å². The molecule has 0 radical (unpaired) electrons. The first-order valence-electron chi connectivity index (χ1n) is 10.4. The second-order valence-corrected chi connectivity index (χ2v) is 9.91. The molecular weight excluding hydrogens is 414 g/mol. The Bertz CT molecular complexity index is 1130. The van der Waals surface area contributed by atoms with Gasteiger partial charge in [-0.3, -0.25) is 14.2 Å². The number of thioether (sulfide) groups is 1. The number of carbonyl (C=O) groups excluding carboxylic acids is 1. The number of hydrogen-bond donors (Lipinski definition) is 0. The molecule has 0 saturated heterocycles. The van der Waals surface area contributed by atoms with Crippen molar-refractivity contribution >= 4 is 39.2 Å². The zero-order valence-electron chi connectivity index (χ0n) is 17.7. The molecule has 1 aromatic carbocycles. The molecule has 1 aliphatic carbocycles. The molecule has 0 spiro atoms. The minimum atomic E-state index is 0.0134. The molecule has 7 heteroatoms. The largest absolute Gasteiger partial charge is 0.338 e. The molecule has 3 aromatic rings. The van der Waals surface area contributed by atoms with Crippen molar-refractivity contribution in [2.45, 2.75) is 51.2 Å². The number of amides is 1. The second-order valence-electron chi connectivity index (χ2n) is 7.89. The van der Waals surface area contributed by atoms with Crippen molar-refractivity contribution in [1.29, 1.82) is 0 Å². The molecule has 2 heterocycles. The van der Waals surface area contributed by atoms with E-state index >= 15 is 0 Å². The van der Waals surface area contributed by atoms with Crippen LogP contribution in [0.1, 0.15) is 41.3 Å². The predicted octanol–water partition coefficient (Wildman–Crippen LogP) is 4.32. The summed E-state index contributed by atoms with van der Waals surface area (Å²) in [5, 5.41) is 1.41. The highest BCUT2D eigenvalue weighted by Gasteiger charge is 2.23. The third-order valence-electron chi connectivity index (χ3n) is 5.57. The van der Waals surface area contributed by atoms with E-state index in [4.69, 9.17) is 4.98 Å². The molecule has 2 aromatic heterocycles. The van der Waals surface area contributed by atoms with Crippen LogP contribution < -0.4 is 5.56 Å². The van der Waals surface area contributed by atoms with Crippen LogP contribution in [0.15, 0.2) is 34.2 Å². The van der Waals surface area contributed by atoms with Crippen LogP contribution in [0.3, 0.4) is 0 Å². The van der Waals surface area contributed by atoms with Crippen molar-refractivity contribution in [3.8, 4) is 0 Å². The topological polar surface area (TPSA) is 55.2 Å². The van der Waals surface area contributed by atoms with Gasteiger partial charge in [-0.05, 0) is 43.7 Å². The number of nitrogens with zero attached hydrogens (tertiary/aromatic N) is 3. The summed E-state index contributed by atoms with van der Waals surface area (Å²) in [7, 11) is 1.76. The van der Waals surface area contributed by atoms with Crippen LogP contribution in [-0.2, 0) is 31.2 Å². The molecule has 4 rings (SSSR count). The first-order valence-corrected chi connectivity index (χ1v) is 12.3. The Morgan fingerprint density at radius 1 is 1.27 bits per heavy atom. The van der Waals surface area contributed by atoms with Crippen LogP contribution in [0, 0.1) is 6.92 Å². The third kappa shape index (κ3) is 4.18. The van der Waals surface area contributed by atoms with E-state index in [1.807, 2.05) is 4.90 Å². The molecular formula is C23H27N3O2S2. The summed E-state index contributed by atoms with van der Waals surface area (Å²) in [6.45, 7) is 5.47. The quantitative estimate of drug-likeness (QED) is 0.405. The predicted molar refractivity (Wildman–Crippen MR) is 124 cm³/mol. The normalized spacial score (nSPS) is 13.0. The minimum absolute atomic E-state index is 0.0134. The number of aromatic nitrogens is 2. The number of carbonyl (C=O) groups is 1. The molecule has 1 aliphatic rings. The van der Waals surface area contributed by atoms with Gasteiger partial charge in [-0.25, -0.2) is 4.98 Å². The van der Waals surface area contributed by atoms with E-state index in [2.05, 4.69) is 38.1 Å². The van der Waals surface area contributed by atoms with Gasteiger partial charge in [0.05, 0.1) is 11.1 Å². The fourth-order valence-electron chi connectivity index (χ4n) is 3.93. The number of thiophene rings is 1. The molecule has 158 valence electrons. The van der Waals surface area contributed by atoms with Gasteiger partial charge in [0.25, 0.3) is 5.56 Å². The average molecular weight is 442 g/mol. The smallest absolute Gasteiger partial charge is 0.262 e. The van der Waals surface area contributed by atoms with Crippen LogP contribution in [0.4, 0.5) is 0 Å². The lowest BCUT2D eigenvalue weighted by Gasteiger charge is -2.22. The second kappa shape index (κ2) is 8.94. The van der Waals surface area contributed by atoms with Gasteiger partial charge in [0, 0.05) is 25.0 Å². The number of fused-ring (bicyclic) bond motifs is 3. The molecule has 30 heavy (non-hydrogen) atoms. The van der Waals surface area contributed by atoms with Gasteiger partial charge in [0.1, 0.15) is 4.83 Å². The first kappa shape index (κ1) is 21.1. The van der Waals surface area contributed by atoms with Crippen LogP contribution in [0.25, 0.3) is 10.2 Å². The molecule has 0 aliphatic heterocycles. The first-order chi connectivity index (χ1) is 14.5. The Kier molecular flexibility index (Phi) is 6.29. The highest BCUT2D eigenvalue weighted by Crippen LogP contribution is 2.35. The van der Waals surface area contributed by atoms with E-state index in [0.717, 1.165) is 48.0 Å². The Hall–Kier alpha value is -2.12. The van der Waals surface area contributed by atoms with E-state index in [9.17, 15) is 9.59 Å². The number of aryl methyl sites for hydroxylation is 3. The van der Waals surface area contributed by atoms with E-state index in [1.165, 1.54) is 27.8 Å². The maximum absolute atomic E-state index is 12.9. The Labute approximate surface area is 185 Å². The van der Waals surface area contributed by atoms with Gasteiger partial charge in [-0.2, -0.15) is 0 Å². The molecule has 1 amide bonds. The van der Waals surface area contributed by atoms with Gasteiger partial charge in [-0.15, -0.1) is 11.3 Å². The lowest BCUT2D eigenvalue weighted by Crippen LogP contribution is -2.33. The molecule has 0 unspecified atom stereocenters. The maximum Gasteiger partial charge on any atom is 0.262 e. The van der Waals surface area contributed by atoms with Crippen LogP contribution in [0.5, 0.6) is 0 Å². The standard InChI is InChI=1S/C23H27N3O2S2/c1-4-12-26(13-16-10-8-15(2)9-11-16)19(27)14-29-23-24-21-20(22(28)25(23)3)17-6-5-7-18(17)30-21/h8-11H,4-7,12-14H2,1-3H3. The van der Waals surface area contributed by atoms with Gasteiger partial charge in [0.15, 0.2) is 5.16 Å². The summed E-state index contributed by atoms with van der Waals surface area (Å²) >= 11 is 3.00. The monoisotopic (exact) mass is 441 g/mol. The highest BCUT2D eigenvalue weighted by molar-refractivity contribution is 7.99. The summed E-state index contributed by atoms with van der Waals surface area (Å²) in [5.74, 6) is 0.355. The van der Waals surface area contributed by atoms with E-state index in [-0.39, 0.29) is 17.2 Å². The van der Waals surface area contributed by atoms with Crippen LogP contribution in [0.2, 0.25) is 0 Å². The van der Waals surface area contributed by atoms with Crippen molar-refractivity contribution in [3.63, 3.8) is 0 Å². The van der Waals surface area contributed by atoms with Gasteiger partial charge >= 0.3 is 0 Å². The maximum atomic E-state index is 12.9. The number of rotatable bonds is 7. The Morgan fingerprint density at radius 3 is 2.77 bits per heavy atom. The van der Waals surface area contributed by atoms with Crippen LogP contribution >= 0.6 is 23.1 Å². The van der Waals surface area contributed by atoms with Crippen molar-refractivity contribution in [3.05, 3.63) is 56.2 Å². The molecule has 0 bridgehead atoms. The third-order valence-corrected chi connectivity index (χ3v) is 7.77. The summed E-state index contributed by atoms with van der Waals surface area (Å²) < 4.78 is 1.61. The number of hydrogen-bond acceptors (Lipinski definition) is 5. The summed E-state index contributed by atoms with van der Waals surface area (Å²) in [6, 6.07) is 8.30. The SMILES string of the molecule is CCCN(Cc1ccc(C)cc1)C(=O)CSc1nc2sc3c(c2c(=O)n1C)CCC3. The van der Waals surface area contributed by atoms with Gasteiger partial charge < -0.3 is 4.90 Å². The van der Waals surface area contributed by atoms with E-state index < -0.39 is 0 Å². The summed E-state index contributed by atoms with van der Waals surface area (Å²) in [6.07, 6.45) is 4.05. The zero-order chi connectivity index (χ0) is 21.3. The number of benzene rings is 1. The Morgan fingerprint density at radius 2 is 2.03 bits per heavy atom. The van der Waals surface area contributed by atoms with Crippen molar-refractivity contribution in [1.82, 2.24) is 14.5 Å². The minimum Gasteiger partial charge on any atom is -0.338 e. The fraction of sp³-hybridized carbons (Fsp3) is 0.435. The Balaban J connectivity index is 1.50. The van der Waals surface area contributed by atoms with E-state index in [1.54, 1.807) is 23.0 Å². The lowest BCUT2D eigenvalue weighted by atomic mass is 10.1. The zero-order valence-corrected chi connectivity index (χ0v) is 19.4. The van der Waals surface area contributed by atoms with E-state index in [0.29, 0.717) is 11.7 Å². The lowest BCUT2D eigenvalue weighted by molar-refractivity contribution is -0.129. The molecule has 0 fully saturated rings. The summed E-state index contributed by atoms with van der Waals surface area (Å²) in [5.41, 5.74) is 3.56. The van der Waals surface area contributed by atoms with Crippen LogP contribution in [-0.4, -0.2) is 32.7 Å². The fourth-order valence-corrected chi connectivity index (χ4v) is 6.11. The highest BCUT2D eigenvalue weighted by atomic mass is 32.2. The average Bonchev–Trinajstić information content (AvgIpc) is 3.31.